The van der Waals surface area contributed by atoms with E-state index in [9.17, 15) is 0 Å². The van der Waals surface area contributed by atoms with Gasteiger partial charge in [0.25, 0.3) is 0 Å². The molecule has 5 nitrogen and oxygen atoms in total. The third kappa shape index (κ3) is 2.89. The van der Waals surface area contributed by atoms with Crippen LogP contribution in [0.4, 0.5) is 11.8 Å². The van der Waals surface area contributed by atoms with E-state index in [1.165, 1.54) is 5.56 Å². The minimum Gasteiger partial charge on any atom is -0.287 e. The number of fused-ring (bicyclic) bond motifs is 1. The summed E-state index contributed by atoms with van der Waals surface area (Å²) in [5.41, 5.74) is 2.04. The molecule has 1 atom stereocenters. The van der Waals surface area contributed by atoms with Gasteiger partial charge in [0.2, 0.25) is 5.95 Å². The molecule has 1 aromatic carbocycles. The molecule has 0 unspecified atom stereocenters. The average molecular weight is 394 g/mol. The van der Waals surface area contributed by atoms with Crippen molar-refractivity contribution in [1.82, 2.24) is 19.4 Å². The quantitative estimate of drug-likeness (QED) is 0.467. The first-order valence-corrected chi connectivity index (χ1v) is 8.78. The van der Waals surface area contributed by atoms with Crippen LogP contribution in [0.15, 0.2) is 77.8 Å². The van der Waals surface area contributed by atoms with Crippen LogP contribution in [-0.2, 0) is 0 Å². The number of imidazole rings is 1. The maximum absolute atomic E-state index is 4.54. The van der Waals surface area contributed by atoms with Crippen molar-refractivity contribution >= 4 is 33.3 Å². The average Bonchev–Trinajstić information content (AvgIpc) is 3.09. The Morgan fingerprint density at radius 2 is 1.68 bits per heavy atom. The van der Waals surface area contributed by atoms with Crippen molar-refractivity contribution in [3.05, 3.63) is 83.4 Å². The molecule has 0 spiro atoms. The van der Waals surface area contributed by atoms with Crippen LogP contribution in [0.25, 0.3) is 5.65 Å². The smallest absolute Gasteiger partial charge is 0.231 e. The highest BCUT2D eigenvalue weighted by Gasteiger charge is 2.24. The van der Waals surface area contributed by atoms with Gasteiger partial charge in [-0.3, -0.25) is 9.30 Å². The van der Waals surface area contributed by atoms with Gasteiger partial charge in [0.15, 0.2) is 0 Å². The molecule has 25 heavy (non-hydrogen) atoms. The number of hydrogen-bond donors (Lipinski definition) is 0. The van der Waals surface area contributed by atoms with E-state index in [1.54, 1.807) is 12.4 Å². The zero-order valence-electron chi connectivity index (χ0n) is 13.6. The fourth-order valence-corrected chi connectivity index (χ4v) is 3.44. The summed E-state index contributed by atoms with van der Waals surface area (Å²) in [5.74, 6) is 1.54. The monoisotopic (exact) mass is 393 g/mol. The van der Waals surface area contributed by atoms with Gasteiger partial charge >= 0.3 is 0 Å². The van der Waals surface area contributed by atoms with Crippen LogP contribution < -0.4 is 4.90 Å². The van der Waals surface area contributed by atoms with Gasteiger partial charge in [0, 0.05) is 12.4 Å². The van der Waals surface area contributed by atoms with E-state index in [-0.39, 0.29) is 6.04 Å². The summed E-state index contributed by atoms with van der Waals surface area (Å²) in [4.78, 5) is 15.6. The Kier molecular flexibility index (Phi) is 4.19. The topological polar surface area (TPSA) is 46.3 Å². The number of nitrogens with zero attached hydrogens (tertiary/aromatic N) is 5. The highest BCUT2D eigenvalue weighted by Crippen LogP contribution is 2.34. The van der Waals surface area contributed by atoms with Gasteiger partial charge in [-0.25, -0.2) is 15.0 Å². The lowest BCUT2D eigenvalue weighted by Crippen LogP contribution is -2.24. The maximum atomic E-state index is 4.54. The third-order valence-corrected chi connectivity index (χ3v) is 4.77. The van der Waals surface area contributed by atoms with E-state index in [0.717, 1.165) is 16.1 Å². The van der Waals surface area contributed by atoms with Crippen molar-refractivity contribution in [2.45, 2.75) is 13.0 Å². The number of pyridine rings is 1. The second kappa shape index (κ2) is 6.64. The van der Waals surface area contributed by atoms with Gasteiger partial charge in [-0.1, -0.05) is 36.4 Å². The molecular formula is C19H16BrN5. The second-order valence-corrected chi connectivity index (χ2v) is 6.48. The van der Waals surface area contributed by atoms with Gasteiger partial charge in [0.1, 0.15) is 11.5 Å². The van der Waals surface area contributed by atoms with Gasteiger partial charge in [0.05, 0.1) is 16.8 Å². The van der Waals surface area contributed by atoms with Crippen molar-refractivity contribution in [3.8, 4) is 0 Å². The summed E-state index contributed by atoms with van der Waals surface area (Å²) < 4.78 is 2.98. The van der Waals surface area contributed by atoms with Crippen molar-refractivity contribution in [2.24, 2.45) is 0 Å². The number of anilines is 2. The molecule has 0 fully saturated rings. The lowest BCUT2D eigenvalue weighted by molar-refractivity contribution is 0.733. The molecule has 4 rings (SSSR count). The molecule has 0 saturated heterocycles. The Hall–Kier alpha value is -2.73. The zero-order valence-corrected chi connectivity index (χ0v) is 15.2. The van der Waals surface area contributed by atoms with Gasteiger partial charge in [-0.05, 0) is 46.6 Å². The number of halogens is 1. The second-order valence-electron chi connectivity index (χ2n) is 5.66. The molecule has 0 saturated carbocycles. The van der Waals surface area contributed by atoms with E-state index in [1.807, 2.05) is 48.7 Å². The molecule has 3 aromatic heterocycles. The predicted molar refractivity (Wildman–Crippen MR) is 102 cm³/mol. The van der Waals surface area contributed by atoms with E-state index in [4.69, 9.17) is 0 Å². The van der Waals surface area contributed by atoms with Gasteiger partial charge in [-0.2, -0.15) is 0 Å². The summed E-state index contributed by atoms with van der Waals surface area (Å²) in [6.45, 7) is 2.14. The Morgan fingerprint density at radius 3 is 2.44 bits per heavy atom. The SMILES string of the molecule is C[C@@H](c1ccccc1)N(c1ncccn1)c1cnc2cccc(Br)n12. The zero-order chi connectivity index (χ0) is 17.2. The summed E-state index contributed by atoms with van der Waals surface area (Å²) in [6, 6.07) is 18.1. The Labute approximate surface area is 154 Å². The van der Waals surface area contributed by atoms with E-state index >= 15 is 0 Å². The molecule has 0 radical (unpaired) electrons. The molecule has 0 amide bonds. The molecule has 0 aliphatic carbocycles. The normalized spacial score (nSPS) is 12.2. The van der Waals surface area contributed by atoms with Crippen LogP contribution in [0.1, 0.15) is 18.5 Å². The summed E-state index contributed by atoms with van der Waals surface area (Å²) in [5, 5.41) is 0. The molecular weight excluding hydrogens is 378 g/mol. The first-order valence-electron chi connectivity index (χ1n) is 7.99. The Bertz CT molecular complexity index is 985. The molecule has 0 bridgehead atoms. The van der Waals surface area contributed by atoms with Crippen LogP contribution >= 0.6 is 15.9 Å². The highest BCUT2D eigenvalue weighted by atomic mass is 79.9. The van der Waals surface area contributed by atoms with Crippen LogP contribution in [0.2, 0.25) is 0 Å². The third-order valence-electron chi connectivity index (χ3n) is 4.15. The predicted octanol–water partition coefficient (Wildman–Crippen LogP) is 4.79. The number of aromatic nitrogens is 4. The highest BCUT2D eigenvalue weighted by molar-refractivity contribution is 9.10. The van der Waals surface area contributed by atoms with Crippen molar-refractivity contribution < 1.29 is 0 Å². The number of rotatable bonds is 4. The lowest BCUT2D eigenvalue weighted by atomic mass is 10.1. The van der Waals surface area contributed by atoms with Gasteiger partial charge in [-0.15, -0.1) is 0 Å². The molecule has 3 heterocycles. The Balaban J connectivity index is 1.92. The van der Waals surface area contributed by atoms with E-state index in [2.05, 4.69) is 59.2 Å². The molecule has 0 N–H and O–H groups in total. The fraction of sp³-hybridized carbons (Fsp3) is 0.105. The summed E-state index contributed by atoms with van der Waals surface area (Å²) >= 11 is 3.63. The van der Waals surface area contributed by atoms with Crippen LogP contribution in [0.5, 0.6) is 0 Å². The first kappa shape index (κ1) is 15.8. The molecule has 4 aromatic rings. The molecule has 6 heteroatoms. The van der Waals surface area contributed by atoms with Gasteiger partial charge < -0.3 is 0 Å². The number of benzene rings is 1. The van der Waals surface area contributed by atoms with E-state index in [0.29, 0.717) is 5.95 Å². The minimum atomic E-state index is 0.0376. The lowest BCUT2D eigenvalue weighted by Gasteiger charge is -2.29. The number of hydrogen-bond acceptors (Lipinski definition) is 4. The largest absolute Gasteiger partial charge is 0.287 e. The summed E-state index contributed by atoms with van der Waals surface area (Å²) in [6.07, 6.45) is 5.37. The molecule has 124 valence electrons. The fourth-order valence-electron chi connectivity index (χ4n) is 2.92. The summed E-state index contributed by atoms with van der Waals surface area (Å²) in [7, 11) is 0. The first-order chi connectivity index (χ1) is 12.3. The van der Waals surface area contributed by atoms with Crippen LogP contribution in [0.3, 0.4) is 0 Å². The van der Waals surface area contributed by atoms with E-state index < -0.39 is 0 Å². The standard InChI is InChI=1S/C19H16BrN5/c1-14(15-7-3-2-4-8-15)24(19-21-11-6-12-22-19)18-13-23-17-10-5-9-16(20)25(17)18/h2-14H,1H3/t14-/m0/s1. The Morgan fingerprint density at radius 1 is 0.920 bits per heavy atom. The van der Waals surface area contributed by atoms with Crippen molar-refractivity contribution in [2.75, 3.05) is 4.90 Å². The van der Waals surface area contributed by atoms with Crippen molar-refractivity contribution in [3.63, 3.8) is 0 Å². The van der Waals surface area contributed by atoms with Crippen LogP contribution in [-0.4, -0.2) is 19.4 Å². The van der Waals surface area contributed by atoms with Crippen molar-refractivity contribution in [1.29, 1.82) is 0 Å². The molecule has 0 aliphatic rings. The minimum absolute atomic E-state index is 0.0376. The molecule has 0 aliphatic heterocycles. The maximum Gasteiger partial charge on any atom is 0.231 e. The van der Waals surface area contributed by atoms with Crippen LogP contribution in [0, 0.1) is 0 Å².